The molecule has 0 spiro atoms. The lowest BCUT2D eigenvalue weighted by atomic mass is 9.99. The van der Waals surface area contributed by atoms with E-state index in [-0.39, 0.29) is 24.1 Å². The Morgan fingerprint density at radius 2 is 2.08 bits per heavy atom. The van der Waals surface area contributed by atoms with Crippen LogP contribution in [-0.4, -0.2) is 19.1 Å². The van der Waals surface area contributed by atoms with Gasteiger partial charge in [0, 0.05) is 19.0 Å². The van der Waals surface area contributed by atoms with Crippen molar-refractivity contribution in [2.24, 2.45) is 5.73 Å². The number of aryl methyl sites for hydroxylation is 1. The standard InChI is InChI=1S/C19H21FN2O2/c1-13-6-2-3-7-14(13)16(21)12-18(23)22-10-5-11-24-19-15(20)8-4-9-17(19)22/h2-4,6-9,16H,5,10-12,21H2,1H3/t16-/m0/s1. The number of ether oxygens (including phenoxy) is 1. The second-order valence-corrected chi connectivity index (χ2v) is 6.00. The molecular weight excluding hydrogens is 307 g/mol. The van der Waals surface area contributed by atoms with E-state index in [0.717, 1.165) is 11.1 Å². The van der Waals surface area contributed by atoms with Crippen LogP contribution in [0, 0.1) is 12.7 Å². The van der Waals surface area contributed by atoms with Gasteiger partial charge in [-0.3, -0.25) is 4.79 Å². The summed E-state index contributed by atoms with van der Waals surface area (Å²) < 4.78 is 19.4. The fourth-order valence-electron chi connectivity index (χ4n) is 3.04. The molecule has 1 aliphatic rings. The number of halogens is 1. The molecule has 0 saturated carbocycles. The molecule has 4 nitrogen and oxygen atoms in total. The van der Waals surface area contributed by atoms with Gasteiger partial charge in [0.05, 0.1) is 12.3 Å². The molecule has 3 rings (SSSR count). The molecule has 0 saturated heterocycles. The van der Waals surface area contributed by atoms with E-state index in [2.05, 4.69) is 0 Å². The maximum absolute atomic E-state index is 14.0. The zero-order chi connectivity index (χ0) is 17.1. The van der Waals surface area contributed by atoms with Crippen LogP contribution in [0.5, 0.6) is 5.75 Å². The van der Waals surface area contributed by atoms with Crippen LogP contribution in [0.15, 0.2) is 42.5 Å². The SMILES string of the molecule is Cc1ccccc1[C@@H](N)CC(=O)N1CCCOc2c(F)cccc21. The molecule has 1 aliphatic heterocycles. The van der Waals surface area contributed by atoms with E-state index in [4.69, 9.17) is 10.5 Å². The molecule has 2 aromatic rings. The van der Waals surface area contributed by atoms with Gasteiger partial charge in [-0.05, 0) is 36.6 Å². The van der Waals surface area contributed by atoms with Crippen LogP contribution in [0.1, 0.15) is 30.0 Å². The summed E-state index contributed by atoms with van der Waals surface area (Å²) in [7, 11) is 0. The van der Waals surface area contributed by atoms with Crippen LogP contribution in [-0.2, 0) is 4.79 Å². The summed E-state index contributed by atoms with van der Waals surface area (Å²) in [5.74, 6) is -0.425. The van der Waals surface area contributed by atoms with Gasteiger partial charge >= 0.3 is 0 Å². The Labute approximate surface area is 141 Å². The Morgan fingerprint density at radius 3 is 2.88 bits per heavy atom. The fourth-order valence-corrected chi connectivity index (χ4v) is 3.04. The number of hydrogen-bond acceptors (Lipinski definition) is 3. The predicted octanol–water partition coefficient (Wildman–Crippen LogP) is 3.34. The highest BCUT2D eigenvalue weighted by atomic mass is 19.1. The quantitative estimate of drug-likeness (QED) is 0.940. The van der Waals surface area contributed by atoms with Gasteiger partial charge in [-0.15, -0.1) is 0 Å². The average Bonchev–Trinajstić information content (AvgIpc) is 2.78. The van der Waals surface area contributed by atoms with Crippen LogP contribution >= 0.6 is 0 Å². The molecule has 1 atom stereocenters. The summed E-state index contributed by atoms with van der Waals surface area (Å²) in [4.78, 5) is 14.4. The van der Waals surface area contributed by atoms with Crippen LogP contribution < -0.4 is 15.4 Å². The topological polar surface area (TPSA) is 55.6 Å². The second kappa shape index (κ2) is 7.01. The van der Waals surface area contributed by atoms with E-state index >= 15 is 0 Å². The summed E-state index contributed by atoms with van der Waals surface area (Å²) in [5, 5.41) is 0. The maximum Gasteiger partial charge on any atom is 0.229 e. The number of carbonyl (C=O) groups is 1. The third kappa shape index (κ3) is 3.26. The van der Waals surface area contributed by atoms with Gasteiger partial charge in [0.25, 0.3) is 0 Å². The Kier molecular flexibility index (Phi) is 4.81. The molecule has 0 aromatic heterocycles. The van der Waals surface area contributed by atoms with Crippen LogP contribution in [0.3, 0.4) is 0 Å². The highest BCUT2D eigenvalue weighted by Crippen LogP contribution is 2.34. The lowest BCUT2D eigenvalue weighted by molar-refractivity contribution is -0.119. The van der Waals surface area contributed by atoms with Crippen LogP contribution in [0.25, 0.3) is 0 Å². The Bertz CT molecular complexity index is 748. The summed E-state index contributed by atoms with van der Waals surface area (Å²) in [5.41, 5.74) is 8.73. The van der Waals surface area contributed by atoms with Crippen molar-refractivity contribution >= 4 is 11.6 Å². The molecule has 2 N–H and O–H groups in total. The molecular formula is C19H21FN2O2. The predicted molar refractivity (Wildman–Crippen MR) is 91.6 cm³/mol. The van der Waals surface area contributed by atoms with Crippen LogP contribution in [0.4, 0.5) is 10.1 Å². The van der Waals surface area contributed by atoms with Gasteiger partial charge in [-0.25, -0.2) is 4.39 Å². The van der Waals surface area contributed by atoms with Gasteiger partial charge in [0.15, 0.2) is 11.6 Å². The smallest absolute Gasteiger partial charge is 0.229 e. The fraction of sp³-hybridized carbons (Fsp3) is 0.316. The van der Waals surface area contributed by atoms with E-state index in [1.54, 1.807) is 17.0 Å². The van der Waals surface area contributed by atoms with Gasteiger partial charge in [-0.2, -0.15) is 0 Å². The minimum Gasteiger partial charge on any atom is -0.488 e. The van der Waals surface area contributed by atoms with Crippen molar-refractivity contribution in [3.8, 4) is 5.75 Å². The van der Waals surface area contributed by atoms with E-state index < -0.39 is 5.82 Å². The van der Waals surface area contributed by atoms with E-state index in [9.17, 15) is 9.18 Å². The van der Waals surface area contributed by atoms with E-state index in [1.165, 1.54) is 6.07 Å². The zero-order valence-corrected chi connectivity index (χ0v) is 13.7. The van der Waals surface area contributed by atoms with Crippen molar-refractivity contribution in [3.63, 3.8) is 0 Å². The van der Waals surface area contributed by atoms with Crippen molar-refractivity contribution in [3.05, 3.63) is 59.4 Å². The normalized spacial score (nSPS) is 15.2. The van der Waals surface area contributed by atoms with Crippen molar-refractivity contribution in [1.82, 2.24) is 0 Å². The van der Waals surface area contributed by atoms with Gasteiger partial charge in [0.1, 0.15) is 0 Å². The summed E-state index contributed by atoms with van der Waals surface area (Å²) in [6, 6.07) is 12.0. The number of rotatable bonds is 3. The number of nitrogens with zero attached hydrogens (tertiary/aromatic N) is 1. The number of para-hydroxylation sites is 1. The summed E-state index contributed by atoms with van der Waals surface area (Å²) in [6.45, 7) is 2.86. The Hall–Kier alpha value is -2.40. The van der Waals surface area contributed by atoms with Crippen molar-refractivity contribution in [2.75, 3.05) is 18.1 Å². The maximum atomic E-state index is 14.0. The number of benzene rings is 2. The number of carbonyl (C=O) groups excluding carboxylic acids is 1. The molecule has 0 radical (unpaired) electrons. The highest BCUT2D eigenvalue weighted by Gasteiger charge is 2.26. The van der Waals surface area contributed by atoms with Gasteiger partial charge < -0.3 is 15.4 Å². The van der Waals surface area contributed by atoms with E-state index in [0.29, 0.717) is 25.3 Å². The first-order chi connectivity index (χ1) is 11.6. The molecule has 1 amide bonds. The summed E-state index contributed by atoms with van der Waals surface area (Å²) >= 11 is 0. The van der Waals surface area contributed by atoms with Crippen molar-refractivity contribution in [2.45, 2.75) is 25.8 Å². The largest absolute Gasteiger partial charge is 0.488 e. The van der Waals surface area contributed by atoms with E-state index in [1.807, 2.05) is 31.2 Å². The Morgan fingerprint density at radius 1 is 1.29 bits per heavy atom. The first kappa shape index (κ1) is 16.5. The number of nitrogens with two attached hydrogens (primary N) is 1. The lowest BCUT2D eigenvalue weighted by Crippen LogP contribution is -2.34. The molecule has 0 aliphatic carbocycles. The zero-order valence-electron chi connectivity index (χ0n) is 13.7. The number of anilines is 1. The molecule has 0 bridgehead atoms. The minimum atomic E-state index is -0.449. The summed E-state index contributed by atoms with van der Waals surface area (Å²) in [6.07, 6.45) is 0.820. The number of hydrogen-bond donors (Lipinski definition) is 1. The first-order valence-corrected chi connectivity index (χ1v) is 8.10. The third-order valence-electron chi connectivity index (χ3n) is 4.29. The molecule has 0 fully saturated rings. The molecule has 24 heavy (non-hydrogen) atoms. The van der Waals surface area contributed by atoms with Gasteiger partial charge in [-0.1, -0.05) is 30.3 Å². The van der Waals surface area contributed by atoms with Crippen LogP contribution in [0.2, 0.25) is 0 Å². The number of fused-ring (bicyclic) bond motifs is 1. The number of amides is 1. The molecule has 2 aromatic carbocycles. The van der Waals surface area contributed by atoms with Crippen molar-refractivity contribution < 1.29 is 13.9 Å². The highest BCUT2D eigenvalue weighted by molar-refractivity contribution is 5.95. The molecule has 0 unspecified atom stereocenters. The molecule has 1 heterocycles. The second-order valence-electron chi connectivity index (χ2n) is 6.00. The minimum absolute atomic E-state index is 0.122. The lowest BCUT2D eigenvalue weighted by Gasteiger charge is -2.24. The first-order valence-electron chi connectivity index (χ1n) is 8.10. The molecule has 5 heteroatoms. The van der Waals surface area contributed by atoms with Gasteiger partial charge in [0.2, 0.25) is 5.91 Å². The average molecular weight is 328 g/mol. The molecule has 126 valence electrons. The third-order valence-corrected chi connectivity index (χ3v) is 4.29. The monoisotopic (exact) mass is 328 g/mol. The van der Waals surface area contributed by atoms with Crippen molar-refractivity contribution in [1.29, 1.82) is 0 Å². The Balaban J connectivity index is 1.83.